The molecule has 0 heterocycles. The lowest BCUT2D eigenvalue weighted by Gasteiger charge is -2.11. The highest BCUT2D eigenvalue weighted by Crippen LogP contribution is 2.35. The van der Waals surface area contributed by atoms with Crippen molar-refractivity contribution in [3.8, 4) is 11.5 Å². The molecule has 0 saturated carbocycles. The van der Waals surface area contributed by atoms with Crippen LogP contribution in [0.4, 0.5) is 0 Å². The summed E-state index contributed by atoms with van der Waals surface area (Å²) in [5, 5.41) is 4.45. The van der Waals surface area contributed by atoms with E-state index in [1.54, 1.807) is 6.07 Å². The molecule has 1 N–H and O–H groups in total. The molecule has 2 aromatic carbocycles. The van der Waals surface area contributed by atoms with Gasteiger partial charge in [0.1, 0.15) is 11.5 Å². The Hall–Kier alpha value is -0.740. The number of nitrogens with one attached hydrogen (secondary N) is 1. The van der Waals surface area contributed by atoms with Crippen LogP contribution in [0.1, 0.15) is 18.9 Å². The molecule has 0 unspecified atom stereocenters. The predicted molar refractivity (Wildman–Crippen MR) is 92.7 cm³/mol. The van der Waals surface area contributed by atoms with Gasteiger partial charge in [-0.15, -0.1) is 0 Å². The molecule has 21 heavy (non-hydrogen) atoms. The molecular weight excluding hydrogens is 373 g/mol. The summed E-state index contributed by atoms with van der Waals surface area (Å²) in [5.74, 6) is 1.17. The zero-order valence-electron chi connectivity index (χ0n) is 11.6. The van der Waals surface area contributed by atoms with Gasteiger partial charge in [0.15, 0.2) is 0 Å². The van der Waals surface area contributed by atoms with Gasteiger partial charge in [-0.1, -0.05) is 52.1 Å². The van der Waals surface area contributed by atoms with E-state index >= 15 is 0 Å². The number of hydrogen-bond donors (Lipinski definition) is 1. The summed E-state index contributed by atoms with van der Waals surface area (Å²) in [6, 6.07) is 11.2. The smallest absolute Gasteiger partial charge is 0.147 e. The molecule has 0 saturated heterocycles. The van der Waals surface area contributed by atoms with Gasteiger partial charge >= 0.3 is 0 Å². The molecule has 2 nitrogen and oxygen atoms in total. The van der Waals surface area contributed by atoms with Gasteiger partial charge in [0.25, 0.3) is 0 Å². The van der Waals surface area contributed by atoms with Crippen LogP contribution in [0.5, 0.6) is 11.5 Å². The zero-order chi connectivity index (χ0) is 15.2. The van der Waals surface area contributed by atoms with Crippen molar-refractivity contribution in [1.29, 1.82) is 0 Å². The van der Waals surface area contributed by atoms with E-state index in [-0.39, 0.29) is 0 Å². The Balaban J connectivity index is 2.12. The molecule has 0 radical (unpaired) electrons. The van der Waals surface area contributed by atoms with Gasteiger partial charge in [0.05, 0.1) is 10.0 Å². The van der Waals surface area contributed by atoms with E-state index in [4.69, 9.17) is 27.9 Å². The lowest BCUT2D eigenvalue weighted by atomic mass is 10.2. The maximum absolute atomic E-state index is 6.28. The number of hydrogen-bond acceptors (Lipinski definition) is 2. The van der Waals surface area contributed by atoms with E-state index in [1.807, 2.05) is 30.3 Å². The van der Waals surface area contributed by atoms with Crippen molar-refractivity contribution in [2.24, 2.45) is 0 Å². The van der Waals surface area contributed by atoms with Crippen molar-refractivity contribution in [3.05, 3.63) is 56.5 Å². The van der Waals surface area contributed by atoms with Crippen molar-refractivity contribution in [2.75, 3.05) is 6.54 Å². The summed E-state index contributed by atoms with van der Waals surface area (Å²) in [7, 11) is 0. The maximum atomic E-state index is 6.28. The van der Waals surface area contributed by atoms with Crippen LogP contribution in [0.25, 0.3) is 0 Å². The molecule has 0 fully saturated rings. The van der Waals surface area contributed by atoms with Gasteiger partial charge in [-0.05, 0) is 48.9 Å². The van der Waals surface area contributed by atoms with Crippen molar-refractivity contribution < 1.29 is 4.74 Å². The number of benzene rings is 2. The first kappa shape index (κ1) is 16.6. The molecule has 5 heteroatoms. The maximum Gasteiger partial charge on any atom is 0.147 e. The molecule has 0 aromatic heterocycles. The summed E-state index contributed by atoms with van der Waals surface area (Å²) in [6.45, 7) is 3.92. The highest BCUT2D eigenvalue weighted by atomic mass is 79.9. The largest absolute Gasteiger partial charge is 0.454 e. The summed E-state index contributed by atoms with van der Waals surface area (Å²) >= 11 is 15.8. The van der Waals surface area contributed by atoms with Crippen LogP contribution in [-0.2, 0) is 6.54 Å². The third-order valence-electron chi connectivity index (χ3n) is 2.87. The number of rotatable bonds is 6. The fraction of sp³-hybridized carbons (Fsp3) is 0.250. The molecule has 0 bridgehead atoms. The molecule has 2 aromatic rings. The first-order chi connectivity index (χ1) is 10.1. The normalized spacial score (nSPS) is 10.7. The summed E-state index contributed by atoms with van der Waals surface area (Å²) in [5.41, 5.74) is 1.13. The van der Waals surface area contributed by atoms with Crippen LogP contribution in [-0.4, -0.2) is 6.54 Å². The van der Waals surface area contributed by atoms with E-state index in [0.717, 1.165) is 29.5 Å². The second-order valence-electron chi connectivity index (χ2n) is 4.62. The predicted octanol–water partition coefficient (Wildman–Crippen LogP) is 6.05. The minimum Gasteiger partial charge on any atom is -0.454 e. The molecule has 2 rings (SSSR count). The van der Waals surface area contributed by atoms with E-state index in [1.165, 1.54) is 0 Å². The molecule has 0 aliphatic heterocycles. The van der Waals surface area contributed by atoms with Gasteiger partial charge in [0, 0.05) is 11.0 Å². The van der Waals surface area contributed by atoms with Crippen molar-refractivity contribution in [2.45, 2.75) is 19.9 Å². The van der Waals surface area contributed by atoms with E-state index in [2.05, 4.69) is 28.2 Å². The van der Waals surface area contributed by atoms with E-state index in [9.17, 15) is 0 Å². The Bertz CT molecular complexity index is 619. The van der Waals surface area contributed by atoms with Gasteiger partial charge in [0.2, 0.25) is 0 Å². The lowest BCUT2D eigenvalue weighted by molar-refractivity contribution is 0.482. The van der Waals surface area contributed by atoms with Crippen LogP contribution in [0.15, 0.2) is 40.9 Å². The van der Waals surface area contributed by atoms with Crippen LogP contribution in [0.3, 0.4) is 0 Å². The minimum atomic E-state index is 0.544. The first-order valence-corrected chi connectivity index (χ1v) is 8.27. The molecule has 0 amide bonds. The SMILES string of the molecule is CCCNCc1ccc(Oc2cc(Br)ccc2Cl)c(Cl)c1. The molecule has 0 aliphatic carbocycles. The van der Waals surface area contributed by atoms with Crippen molar-refractivity contribution >= 4 is 39.1 Å². The monoisotopic (exact) mass is 387 g/mol. The Morgan fingerprint density at radius 2 is 1.86 bits per heavy atom. The standard InChI is InChI=1S/C16H16BrCl2NO/c1-2-7-20-10-11-3-6-15(14(19)8-11)21-16-9-12(17)4-5-13(16)18/h3-6,8-9,20H,2,7,10H2,1H3. The van der Waals surface area contributed by atoms with Gasteiger partial charge in [-0.3, -0.25) is 0 Å². The van der Waals surface area contributed by atoms with Crippen molar-refractivity contribution in [1.82, 2.24) is 5.32 Å². The van der Waals surface area contributed by atoms with Crippen LogP contribution >= 0.6 is 39.1 Å². The molecule has 0 atom stereocenters. The average molecular weight is 389 g/mol. The van der Waals surface area contributed by atoms with Crippen LogP contribution < -0.4 is 10.1 Å². The summed E-state index contributed by atoms with van der Waals surface area (Å²) in [4.78, 5) is 0. The molecule has 0 aliphatic rings. The van der Waals surface area contributed by atoms with E-state index < -0.39 is 0 Å². The Morgan fingerprint density at radius 3 is 2.57 bits per heavy atom. The highest BCUT2D eigenvalue weighted by Gasteiger charge is 2.08. The van der Waals surface area contributed by atoms with Gasteiger partial charge in [-0.25, -0.2) is 0 Å². The number of ether oxygens (including phenoxy) is 1. The first-order valence-electron chi connectivity index (χ1n) is 6.72. The molecule has 0 spiro atoms. The van der Waals surface area contributed by atoms with Crippen LogP contribution in [0, 0.1) is 0 Å². The Labute approximate surface area is 143 Å². The Morgan fingerprint density at radius 1 is 1.05 bits per heavy atom. The van der Waals surface area contributed by atoms with E-state index in [0.29, 0.717) is 21.5 Å². The second-order valence-corrected chi connectivity index (χ2v) is 6.35. The average Bonchev–Trinajstić information content (AvgIpc) is 2.46. The topological polar surface area (TPSA) is 21.3 Å². The highest BCUT2D eigenvalue weighted by molar-refractivity contribution is 9.10. The number of halogens is 3. The van der Waals surface area contributed by atoms with Gasteiger partial charge < -0.3 is 10.1 Å². The molecular formula is C16H16BrCl2NO. The third-order valence-corrected chi connectivity index (χ3v) is 3.97. The minimum absolute atomic E-state index is 0.544. The van der Waals surface area contributed by atoms with Gasteiger partial charge in [-0.2, -0.15) is 0 Å². The van der Waals surface area contributed by atoms with Crippen LogP contribution in [0.2, 0.25) is 10.0 Å². The zero-order valence-corrected chi connectivity index (χ0v) is 14.7. The quantitative estimate of drug-likeness (QED) is 0.608. The Kier molecular flexibility index (Phi) is 6.37. The lowest BCUT2D eigenvalue weighted by Crippen LogP contribution is -2.13. The third kappa shape index (κ3) is 4.89. The summed E-state index contributed by atoms with van der Waals surface area (Å²) in [6.07, 6.45) is 1.11. The fourth-order valence-electron chi connectivity index (χ4n) is 1.82. The second kappa shape index (κ2) is 8.04. The molecule has 112 valence electrons. The fourth-order valence-corrected chi connectivity index (χ4v) is 2.56. The summed E-state index contributed by atoms with van der Waals surface area (Å²) < 4.78 is 6.69. The van der Waals surface area contributed by atoms with Crippen molar-refractivity contribution in [3.63, 3.8) is 0 Å².